The van der Waals surface area contributed by atoms with Crippen LogP contribution in [0.5, 0.6) is 5.88 Å². The van der Waals surface area contributed by atoms with E-state index in [1.54, 1.807) is 26.1 Å². The third kappa shape index (κ3) is 5.49. The van der Waals surface area contributed by atoms with Gasteiger partial charge in [0.15, 0.2) is 6.29 Å². The molecule has 1 aromatic heterocycles. The molecular formula is C18H21N5O3. The lowest BCUT2D eigenvalue weighted by molar-refractivity contribution is 0.0962. The van der Waals surface area contributed by atoms with E-state index in [4.69, 9.17) is 15.7 Å². The van der Waals surface area contributed by atoms with Crippen molar-refractivity contribution in [3.8, 4) is 11.9 Å². The van der Waals surface area contributed by atoms with Gasteiger partial charge >= 0.3 is 0 Å². The molecule has 1 heterocycles. The smallest absolute Gasteiger partial charge is 0.251 e. The van der Waals surface area contributed by atoms with Crippen LogP contribution in [-0.2, 0) is 0 Å². The van der Waals surface area contributed by atoms with Crippen LogP contribution < -0.4 is 21.1 Å². The van der Waals surface area contributed by atoms with Crippen LogP contribution in [0.15, 0.2) is 30.3 Å². The van der Waals surface area contributed by atoms with Crippen LogP contribution in [0.1, 0.15) is 33.3 Å². The number of hydrogen-bond donors (Lipinski definition) is 3. The zero-order valence-corrected chi connectivity index (χ0v) is 14.9. The van der Waals surface area contributed by atoms with Crippen LogP contribution in [-0.4, -0.2) is 37.9 Å². The Bertz CT molecular complexity index is 815. The molecule has 0 atom stereocenters. The highest BCUT2D eigenvalue weighted by molar-refractivity contribution is 5.94. The van der Waals surface area contributed by atoms with E-state index < -0.39 is 0 Å². The summed E-state index contributed by atoms with van der Waals surface area (Å²) < 4.78 is 5.08. The van der Waals surface area contributed by atoms with Crippen LogP contribution in [0.3, 0.4) is 0 Å². The van der Waals surface area contributed by atoms with E-state index in [1.165, 1.54) is 6.07 Å². The molecule has 0 saturated heterocycles. The monoisotopic (exact) mass is 355 g/mol. The maximum Gasteiger partial charge on any atom is 0.251 e. The second-order valence-electron chi connectivity index (χ2n) is 4.89. The van der Waals surface area contributed by atoms with Crippen LogP contribution >= 0.6 is 0 Å². The number of hydrogen-bond acceptors (Lipinski definition) is 7. The number of anilines is 2. The fourth-order valence-electron chi connectivity index (χ4n) is 1.93. The first-order chi connectivity index (χ1) is 12.5. The maximum atomic E-state index is 11.1. The third-order valence-corrected chi connectivity index (χ3v) is 3.19. The average molecular weight is 355 g/mol. The topological polar surface area (TPSA) is 130 Å². The highest BCUT2D eigenvalue weighted by Gasteiger charge is 2.10. The van der Waals surface area contributed by atoms with Gasteiger partial charge in [0.1, 0.15) is 17.3 Å². The summed E-state index contributed by atoms with van der Waals surface area (Å²) in [6.45, 7) is 2.12. The Hall–Kier alpha value is -3.60. The summed E-state index contributed by atoms with van der Waals surface area (Å²) in [6.07, 6.45) is 0.556. The Morgan fingerprint density at radius 1 is 1.38 bits per heavy atom. The molecule has 8 nitrogen and oxygen atoms in total. The molecule has 0 aliphatic rings. The fourth-order valence-corrected chi connectivity index (χ4v) is 1.93. The van der Waals surface area contributed by atoms with Crippen molar-refractivity contribution in [1.29, 1.82) is 5.26 Å². The molecule has 26 heavy (non-hydrogen) atoms. The minimum atomic E-state index is -0.0629. The van der Waals surface area contributed by atoms with Crippen molar-refractivity contribution in [2.75, 3.05) is 31.8 Å². The van der Waals surface area contributed by atoms with Crippen molar-refractivity contribution < 1.29 is 14.3 Å². The zero-order valence-electron chi connectivity index (χ0n) is 14.9. The summed E-state index contributed by atoms with van der Waals surface area (Å²) in [4.78, 5) is 25.4. The molecule has 1 aromatic carbocycles. The number of nitrogens with zero attached hydrogens (tertiary/aromatic N) is 2. The molecule has 2 aromatic rings. The number of aldehydes is 1. The molecular weight excluding hydrogens is 334 g/mol. The van der Waals surface area contributed by atoms with E-state index in [0.717, 1.165) is 5.69 Å². The third-order valence-electron chi connectivity index (χ3n) is 3.19. The minimum Gasteiger partial charge on any atom is -0.477 e. The number of carbonyl (C=O) groups is 2. The summed E-state index contributed by atoms with van der Waals surface area (Å²) in [5.41, 5.74) is 7.67. The van der Waals surface area contributed by atoms with Crippen molar-refractivity contribution in [2.24, 2.45) is 0 Å². The van der Waals surface area contributed by atoms with Crippen LogP contribution in [0, 0.1) is 11.3 Å². The second-order valence-corrected chi connectivity index (χ2v) is 4.89. The number of nitriles is 1. The summed E-state index contributed by atoms with van der Waals surface area (Å²) in [7, 11) is 3.44. The maximum absolute atomic E-state index is 11.1. The first kappa shape index (κ1) is 20.4. The van der Waals surface area contributed by atoms with Gasteiger partial charge in [-0.3, -0.25) is 9.59 Å². The second kappa shape index (κ2) is 10.3. The van der Waals surface area contributed by atoms with E-state index in [2.05, 4.69) is 15.6 Å². The van der Waals surface area contributed by atoms with E-state index >= 15 is 0 Å². The number of ether oxygens (including phenoxy) is 1. The Kier molecular flexibility index (Phi) is 8.10. The van der Waals surface area contributed by atoms with E-state index in [1.807, 2.05) is 25.2 Å². The molecule has 0 aliphatic heterocycles. The van der Waals surface area contributed by atoms with Crippen LogP contribution in [0.2, 0.25) is 0 Å². The van der Waals surface area contributed by atoms with Gasteiger partial charge in [-0.1, -0.05) is 6.07 Å². The summed E-state index contributed by atoms with van der Waals surface area (Å²) >= 11 is 0. The van der Waals surface area contributed by atoms with Gasteiger partial charge in [0.05, 0.1) is 12.3 Å². The van der Waals surface area contributed by atoms with E-state index in [-0.39, 0.29) is 28.7 Å². The quantitative estimate of drug-likeness (QED) is 0.697. The molecule has 0 bridgehead atoms. The molecule has 2 rings (SSSR count). The van der Waals surface area contributed by atoms with Gasteiger partial charge in [-0.05, 0) is 31.2 Å². The average Bonchev–Trinajstić information content (AvgIpc) is 2.67. The van der Waals surface area contributed by atoms with Gasteiger partial charge in [0.2, 0.25) is 5.88 Å². The van der Waals surface area contributed by atoms with Crippen LogP contribution in [0.25, 0.3) is 0 Å². The van der Waals surface area contributed by atoms with Gasteiger partial charge in [0.25, 0.3) is 5.91 Å². The molecule has 136 valence electrons. The molecule has 0 radical (unpaired) electrons. The number of carbonyl (C=O) groups excluding carboxylic acids is 2. The number of rotatable bonds is 5. The molecule has 0 saturated carbocycles. The largest absolute Gasteiger partial charge is 0.477 e. The molecule has 0 unspecified atom stereocenters. The fraction of sp³-hybridized carbons (Fsp3) is 0.222. The SMILES string of the molecule is CCOc1nc(C=O)cc(N)c1C#N.CNC(=O)c1cccc(NC)c1. The van der Waals surface area contributed by atoms with Crippen molar-refractivity contribution in [3.63, 3.8) is 0 Å². The van der Waals surface area contributed by atoms with E-state index in [9.17, 15) is 9.59 Å². The lowest BCUT2D eigenvalue weighted by atomic mass is 10.2. The summed E-state index contributed by atoms with van der Waals surface area (Å²) in [5, 5.41) is 14.3. The molecule has 0 spiro atoms. The lowest BCUT2D eigenvalue weighted by Gasteiger charge is -2.06. The first-order valence-corrected chi connectivity index (χ1v) is 7.79. The number of benzene rings is 1. The molecule has 4 N–H and O–H groups in total. The number of amides is 1. The highest BCUT2D eigenvalue weighted by atomic mass is 16.5. The van der Waals surface area contributed by atoms with Gasteiger partial charge in [-0.2, -0.15) is 5.26 Å². The summed E-state index contributed by atoms with van der Waals surface area (Å²) in [5.74, 6) is 0.0456. The van der Waals surface area contributed by atoms with Crippen molar-refractivity contribution in [1.82, 2.24) is 10.3 Å². The predicted octanol–water partition coefficient (Wildman–Crippen LogP) is 1.83. The minimum absolute atomic E-state index is 0.0629. The van der Waals surface area contributed by atoms with E-state index in [0.29, 0.717) is 18.5 Å². The van der Waals surface area contributed by atoms with Crippen LogP contribution in [0.4, 0.5) is 11.4 Å². The molecule has 1 amide bonds. The highest BCUT2D eigenvalue weighted by Crippen LogP contribution is 2.21. The normalized spacial score (nSPS) is 9.15. The number of pyridine rings is 1. The van der Waals surface area contributed by atoms with Crippen molar-refractivity contribution >= 4 is 23.6 Å². The number of aromatic nitrogens is 1. The van der Waals surface area contributed by atoms with Gasteiger partial charge in [-0.15, -0.1) is 0 Å². The number of nitrogens with one attached hydrogen (secondary N) is 2. The molecule has 0 fully saturated rings. The Morgan fingerprint density at radius 3 is 2.65 bits per heavy atom. The first-order valence-electron chi connectivity index (χ1n) is 7.79. The number of nitrogen functional groups attached to an aromatic ring is 1. The van der Waals surface area contributed by atoms with Gasteiger partial charge in [0, 0.05) is 25.3 Å². The zero-order chi connectivity index (χ0) is 19.5. The van der Waals surface area contributed by atoms with Crippen molar-refractivity contribution in [2.45, 2.75) is 6.92 Å². The predicted molar refractivity (Wildman–Crippen MR) is 99.3 cm³/mol. The van der Waals surface area contributed by atoms with Crippen molar-refractivity contribution in [3.05, 3.63) is 47.2 Å². The lowest BCUT2D eigenvalue weighted by Crippen LogP contribution is -2.17. The summed E-state index contributed by atoms with van der Waals surface area (Å²) in [6, 6.07) is 10.5. The van der Waals surface area contributed by atoms with Gasteiger partial charge in [-0.25, -0.2) is 4.98 Å². The standard InChI is InChI=1S/C9H9N3O2.C9H12N2O/c1-2-14-9-7(4-10)8(11)3-6(5-13)12-9;1-10-8-5-3-4-7(6-8)9(12)11-2/h3,5H,2H2,1H3,(H2,11,12);3-6,10H,1-2H3,(H,11,12). The Labute approximate surface area is 152 Å². The molecule has 0 aliphatic carbocycles. The Morgan fingerprint density at radius 2 is 2.12 bits per heavy atom. The number of nitrogens with two attached hydrogens (primary N) is 1. The molecule has 8 heteroatoms. The Balaban J connectivity index is 0.000000263. The van der Waals surface area contributed by atoms with Gasteiger partial charge < -0.3 is 21.1 Å².